The Morgan fingerprint density at radius 3 is 2.88 bits per heavy atom. The van der Waals surface area contributed by atoms with Gasteiger partial charge in [0.05, 0.1) is 6.20 Å². The number of rotatable bonds is 3. The number of piperazine rings is 1. The van der Waals surface area contributed by atoms with Crippen molar-refractivity contribution in [3.63, 3.8) is 0 Å². The third kappa shape index (κ3) is 4.80. The Hall–Kier alpha value is -1.89. The minimum Gasteiger partial charge on any atom is -0.437 e. The fraction of sp³-hybridized carbons (Fsp3) is 0.312. The Morgan fingerprint density at radius 2 is 2.17 bits per heavy atom. The highest BCUT2D eigenvalue weighted by Crippen LogP contribution is 2.21. The Balaban J connectivity index is 0.00000144. The molecule has 6 nitrogen and oxygen atoms in total. The van der Waals surface area contributed by atoms with Crippen LogP contribution in [-0.2, 0) is 0 Å². The van der Waals surface area contributed by atoms with Gasteiger partial charge in [0.25, 0.3) is 5.91 Å². The highest BCUT2D eigenvalue weighted by atomic mass is 35.5. The molecule has 8 heteroatoms. The van der Waals surface area contributed by atoms with E-state index in [1.54, 1.807) is 30.6 Å². The minimum atomic E-state index is 0. The lowest BCUT2D eigenvalue weighted by atomic mass is 10.1. The van der Waals surface area contributed by atoms with E-state index in [4.69, 9.17) is 4.74 Å². The number of hydrogen-bond donors (Lipinski definition) is 1. The van der Waals surface area contributed by atoms with Crippen LogP contribution in [0, 0.1) is 0 Å². The molecule has 0 unspecified atom stereocenters. The lowest BCUT2D eigenvalue weighted by Gasteiger charge is -2.34. The number of ether oxygens (including phenoxy) is 1. The summed E-state index contributed by atoms with van der Waals surface area (Å²) in [7, 11) is 0. The first-order chi connectivity index (χ1) is 10.7. The molecule has 1 amide bonds. The van der Waals surface area contributed by atoms with Crippen LogP contribution in [0.5, 0.6) is 11.6 Å². The summed E-state index contributed by atoms with van der Waals surface area (Å²) in [5.41, 5.74) is 0.621. The van der Waals surface area contributed by atoms with Crippen LogP contribution in [-0.4, -0.2) is 46.5 Å². The van der Waals surface area contributed by atoms with E-state index in [1.807, 2.05) is 17.9 Å². The molecule has 1 fully saturated rings. The van der Waals surface area contributed by atoms with Gasteiger partial charge in [-0.1, -0.05) is 6.07 Å². The van der Waals surface area contributed by atoms with Gasteiger partial charge in [-0.2, -0.15) is 0 Å². The van der Waals surface area contributed by atoms with Crippen molar-refractivity contribution in [2.24, 2.45) is 0 Å². The molecule has 1 aromatic heterocycles. The Labute approximate surface area is 153 Å². The first kappa shape index (κ1) is 20.2. The van der Waals surface area contributed by atoms with Gasteiger partial charge in [-0.3, -0.25) is 9.78 Å². The number of nitrogens with zero attached hydrogens (tertiary/aromatic N) is 3. The molecule has 0 aliphatic carbocycles. The number of halogens is 2. The standard InChI is InChI=1S/C16H18N4O2.2ClH/c1-12-10-18-7-8-20(12)16(21)13-3-2-4-14(9-13)22-15-11-17-5-6-19-15;;/h2-6,9,11-12,18H,7-8,10H2,1H3;2*1H/t12-;;/m0../s1. The van der Waals surface area contributed by atoms with Crippen molar-refractivity contribution >= 4 is 30.7 Å². The monoisotopic (exact) mass is 370 g/mol. The molecule has 1 saturated heterocycles. The van der Waals surface area contributed by atoms with Gasteiger partial charge in [0.2, 0.25) is 5.88 Å². The summed E-state index contributed by atoms with van der Waals surface area (Å²) in [5.74, 6) is 1.01. The van der Waals surface area contributed by atoms with E-state index in [0.29, 0.717) is 17.2 Å². The normalized spacial score (nSPS) is 16.5. The second-order valence-electron chi connectivity index (χ2n) is 5.23. The Kier molecular flexibility index (Phi) is 7.91. The second kappa shape index (κ2) is 9.42. The van der Waals surface area contributed by atoms with E-state index in [2.05, 4.69) is 15.3 Å². The van der Waals surface area contributed by atoms with E-state index in [0.717, 1.165) is 19.6 Å². The number of amides is 1. The summed E-state index contributed by atoms with van der Waals surface area (Å²) in [5, 5.41) is 3.28. The molecule has 0 spiro atoms. The van der Waals surface area contributed by atoms with Gasteiger partial charge in [-0.15, -0.1) is 24.8 Å². The molecule has 1 aliphatic rings. The topological polar surface area (TPSA) is 67.4 Å². The zero-order chi connectivity index (χ0) is 15.4. The van der Waals surface area contributed by atoms with Gasteiger partial charge in [-0.25, -0.2) is 4.98 Å². The van der Waals surface area contributed by atoms with Crippen LogP contribution in [0.3, 0.4) is 0 Å². The molecule has 1 N–H and O–H groups in total. The van der Waals surface area contributed by atoms with Crippen molar-refractivity contribution in [3.05, 3.63) is 48.4 Å². The summed E-state index contributed by atoms with van der Waals surface area (Å²) >= 11 is 0. The molecular weight excluding hydrogens is 351 g/mol. The molecule has 130 valence electrons. The average molecular weight is 371 g/mol. The van der Waals surface area contributed by atoms with Gasteiger partial charge in [-0.05, 0) is 25.1 Å². The summed E-state index contributed by atoms with van der Waals surface area (Å²) in [6.45, 7) is 4.41. The lowest BCUT2D eigenvalue weighted by molar-refractivity contribution is 0.0655. The predicted octanol–water partition coefficient (Wildman–Crippen LogP) is 2.55. The van der Waals surface area contributed by atoms with Crippen molar-refractivity contribution in [2.45, 2.75) is 13.0 Å². The smallest absolute Gasteiger partial charge is 0.254 e. The maximum absolute atomic E-state index is 12.6. The predicted molar refractivity (Wildman–Crippen MR) is 96.4 cm³/mol. The molecular formula is C16H20Cl2N4O2. The summed E-state index contributed by atoms with van der Waals surface area (Å²) in [6, 6.07) is 7.34. The highest BCUT2D eigenvalue weighted by Gasteiger charge is 2.24. The van der Waals surface area contributed by atoms with Crippen molar-refractivity contribution in [3.8, 4) is 11.6 Å². The molecule has 0 bridgehead atoms. The van der Waals surface area contributed by atoms with Gasteiger partial charge < -0.3 is 15.0 Å². The van der Waals surface area contributed by atoms with Gasteiger partial charge in [0, 0.05) is 43.6 Å². The third-order valence-corrected chi connectivity index (χ3v) is 3.61. The largest absolute Gasteiger partial charge is 0.437 e. The number of hydrogen-bond acceptors (Lipinski definition) is 5. The third-order valence-electron chi connectivity index (χ3n) is 3.61. The summed E-state index contributed by atoms with van der Waals surface area (Å²) < 4.78 is 5.63. The summed E-state index contributed by atoms with van der Waals surface area (Å²) in [4.78, 5) is 22.5. The first-order valence-electron chi connectivity index (χ1n) is 7.29. The van der Waals surface area contributed by atoms with Crippen molar-refractivity contribution in [2.75, 3.05) is 19.6 Å². The van der Waals surface area contributed by atoms with E-state index in [-0.39, 0.29) is 36.8 Å². The molecule has 24 heavy (non-hydrogen) atoms. The van der Waals surface area contributed by atoms with Crippen LogP contribution in [0.1, 0.15) is 17.3 Å². The van der Waals surface area contributed by atoms with Gasteiger partial charge in [0.1, 0.15) is 5.75 Å². The number of benzene rings is 1. The van der Waals surface area contributed by atoms with E-state index in [9.17, 15) is 4.79 Å². The molecule has 2 heterocycles. The number of aromatic nitrogens is 2. The second-order valence-corrected chi connectivity index (χ2v) is 5.23. The maximum Gasteiger partial charge on any atom is 0.254 e. The molecule has 0 radical (unpaired) electrons. The molecule has 1 aromatic carbocycles. The fourth-order valence-electron chi connectivity index (χ4n) is 2.46. The molecule has 1 aliphatic heterocycles. The van der Waals surface area contributed by atoms with Crippen molar-refractivity contribution in [1.82, 2.24) is 20.2 Å². The van der Waals surface area contributed by atoms with Gasteiger partial charge >= 0.3 is 0 Å². The van der Waals surface area contributed by atoms with Crippen LogP contribution in [0.2, 0.25) is 0 Å². The van der Waals surface area contributed by atoms with Crippen LogP contribution in [0.4, 0.5) is 0 Å². The fourth-order valence-corrected chi connectivity index (χ4v) is 2.46. The maximum atomic E-state index is 12.6. The first-order valence-corrected chi connectivity index (χ1v) is 7.29. The number of carbonyl (C=O) groups excluding carboxylic acids is 1. The Morgan fingerprint density at radius 1 is 1.33 bits per heavy atom. The van der Waals surface area contributed by atoms with E-state index < -0.39 is 0 Å². The van der Waals surface area contributed by atoms with Crippen LogP contribution < -0.4 is 10.1 Å². The highest BCUT2D eigenvalue weighted by molar-refractivity contribution is 5.95. The quantitative estimate of drug-likeness (QED) is 0.898. The van der Waals surface area contributed by atoms with Crippen LogP contribution in [0.15, 0.2) is 42.9 Å². The van der Waals surface area contributed by atoms with E-state index >= 15 is 0 Å². The molecule has 1 atom stereocenters. The molecule has 3 rings (SSSR count). The summed E-state index contributed by atoms with van der Waals surface area (Å²) in [6.07, 6.45) is 4.68. The number of nitrogens with one attached hydrogen (secondary N) is 1. The van der Waals surface area contributed by atoms with Crippen molar-refractivity contribution < 1.29 is 9.53 Å². The Bertz CT molecular complexity index is 658. The molecule has 0 saturated carbocycles. The van der Waals surface area contributed by atoms with Crippen molar-refractivity contribution in [1.29, 1.82) is 0 Å². The van der Waals surface area contributed by atoms with Gasteiger partial charge in [0.15, 0.2) is 0 Å². The zero-order valence-corrected chi connectivity index (χ0v) is 14.8. The minimum absolute atomic E-state index is 0. The van der Waals surface area contributed by atoms with Crippen LogP contribution in [0.25, 0.3) is 0 Å². The average Bonchev–Trinajstić information content (AvgIpc) is 2.56. The SMILES string of the molecule is C[C@H]1CNCCN1C(=O)c1cccc(Oc2cnccn2)c1.Cl.Cl. The molecule has 2 aromatic rings. The van der Waals surface area contributed by atoms with Crippen LogP contribution >= 0.6 is 24.8 Å². The number of carbonyl (C=O) groups is 1. The van der Waals surface area contributed by atoms with E-state index in [1.165, 1.54) is 6.20 Å². The lowest BCUT2D eigenvalue weighted by Crippen LogP contribution is -2.52. The zero-order valence-electron chi connectivity index (χ0n) is 13.2.